The van der Waals surface area contributed by atoms with Crippen molar-refractivity contribution in [1.29, 1.82) is 0 Å². The van der Waals surface area contributed by atoms with E-state index in [1.54, 1.807) is 0 Å². The van der Waals surface area contributed by atoms with Gasteiger partial charge in [0.15, 0.2) is 0 Å². The van der Waals surface area contributed by atoms with Gasteiger partial charge in [0, 0.05) is 5.41 Å². The monoisotopic (exact) mass is 416 g/mol. The van der Waals surface area contributed by atoms with Crippen LogP contribution in [-0.2, 0) is 14.4 Å². The van der Waals surface area contributed by atoms with E-state index in [0.717, 1.165) is 18.2 Å². The van der Waals surface area contributed by atoms with Crippen LogP contribution in [0.15, 0.2) is 38.0 Å². The van der Waals surface area contributed by atoms with Gasteiger partial charge in [-0.3, -0.25) is 0 Å². The maximum Gasteiger partial charge on any atom is 1.00 e. The fourth-order valence-corrected chi connectivity index (χ4v) is 0.485. The Balaban J connectivity index is -0.0000000396. The summed E-state index contributed by atoms with van der Waals surface area (Å²) in [4.78, 5) is 27.4. The number of carbonyl (C=O) groups excluding carboxylic acids is 3. The van der Waals surface area contributed by atoms with Gasteiger partial charge >= 0.3 is 88.7 Å². The molecule has 0 aliphatic heterocycles. The summed E-state index contributed by atoms with van der Waals surface area (Å²) in [6.45, 7) is 10.0. The molecule has 0 atom stereocenters. The second kappa shape index (κ2) is 34.0. The second-order valence-electron chi connectivity index (χ2n) is 3.90. The van der Waals surface area contributed by atoms with E-state index < -0.39 is 23.3 Å². The molecule has 140 valence electrons. The van der Waals surface area contributed by atoms with Crippen LogP contribution in [0.25, 0.3) is 0 Å². The zero-order valence-corrected chi connectivity index (χ0v) is 22.5. The number of hydrogen-bond acceptors (Lipinski definition) is 9. The van der Waals surface area contributed by atoms with Gasteiger partial charge in [0.05, 0.1) is 37.7 Å². The van der Waals surface area contributed by atoms with Crippen LogP contribution in [0.3, 0.4) is 0 Å². The van der Waals surface area contributed by atoms with E-state index in [-0.39, 0.29) is 108 Å². The smallest absolute Gasteiger partial charge is 0.545 e. The van der Waals surface area contributed by atoms with Crippen LogP contribution >= 0.6 is 0 Å². The van der Waals surface area contributed by atoms with Gasteiger partial charge in [-0.25, -0.2) is 0 Å². The van der Waals surface area contributed by atoms with Gasteiger partial charge in [-0.1, -0.05) is 26.7 Å². The Labute approximate surface area is 225 Å². The zero-order chi connectivity index (χ0) is 20.2. The van der Waals surface area contributed by atoms with E-state index in [0.29, 0.717) is 6.42 Å². The Hall–Kier alpha value is 0.510. The van der Waals surface area contributed by atoms with Gasteiger partial charge in [-0.15, -0.1) is 0 Å². The van der Waals surface area contributed by atoms with E-state index in [2.05, 4.69) is 19.7 Å². The van der Waals surface area contributed by atoms with Crippen LogP contribution in [-0.4, -0.2) is 53.0 Å². The first-order valence-corrected chi connectivity index (χ1v) is 6.39. The topological polar surface area (TPSA) is 181 Å². The number of aliphatic carboxylic acids is 3. The molecule has 12 heteroatoms. The van der Waals surface area contributed by atoms with Gasteiger partial charge in [0.1, 0.15) is 0 Å². The fourth-order valence-electron chi connectivity index (χ4n) is 0.485. The molecular weight excluding hydrogens is 393 g/mol. The molecule has 9 nitrogen and oxygen atoms in total. The van der Waals surface area contributed by atoms with Crippen molar-refractivity contribution >= 4 is 17.9 Å². The van der Waals surface area contributed by atoms with E-state index in [9.17, 15) is 0 Å². The molecule has 0 saturated heterocycles. The largest absolute Gasteiger partial charge is 1.00 e. The van der Waals surface area contributed by atoms with Crippen LogP contribution in [0.1, 0.15) is 13.3 Å². The van der Waals surface area contributed by atoms with E-state index in [1.165, 1.54) is 0 Å². The predicted octanol–water partition coefficient (Wildman–Crippen LogP) is -12.9. The first-order valence-electron chi connectivity index (χ1n) is 6.39. The number of aliphatic hydroxyl groups excluding tert-OH is 3. The molecule has 0 amide bonds. The second-order valence-corrected chi connectivity index (χ2v) is 3.90. The third kappa shape index (κ3) is 46.5. The molecule has 0 bridgehead atoms. The van der Waals surface area contributed by atoms with Crippen LogP contribution < -0.4 is 104 Å². The normalized spacial score (nSPS) is 7.56. The van der Waals surface area contributed by atoms with Gasteiger partial charge in [0.25, 0.3) is 0 Å². The van der Waals surface area contributed by atoms with Gasteiger partial charge in [-0.05, 0) is 24.6 Å². The molecule has 0 heterocycles. The van der Waals surface area contributed by atoms with Gasteiger partial charge in [-0.2, -0.15) is 0 Å². The number of hydrogen-bond donors (Lipinski definition) is 3. The van der Waals surface area contributed by atoms with E-state index in [1.807, 2.05) is 6.92 Å². The number of carboxylic acid groups (broad SMARTS) is 3. The summed E-state index contributed by atoms with van der Waals surface area (Å²) < 4.78 is 0. The SMILES string of the molecule is C=CC(=O)[O-].C=CC(=O)[O-].C=CC(=O)[O-].CCC(CO)(CO)CO.[Na+].[Na+].[Na+]. The number of carbonyl (C=O) groups is 3. The minimum Gasteiger partial charge on any atom is -0.545 e. The van der Waals surface area contributed by atoms with Crippen molar-refractivity contribution in [1.82, 2.24) is 0 Å². The molecule has 0 aromatic carbocycles. The summed E-state index contributed by atoms with van der Waals surface area (Å²) in [6, 6.07) is 0. The van der Waals surface area contributed by atoms with Crippen molar-refractivity contribution in [2.45, 2.75) is 13.3 Å². The molecular formula is C15H23Na3O9. The van der Waals surface area contributed by atoms with Crippen LogP contribution in [0.5, 0.6) is 0 Å². The van der Waals surface area contributed by atoms with E-state index in [4.69, 9.17) is 45.0 Å². The van der Waals surface area contributed by atoms with E-state index >= 15 is 0 Å². The summed E-state index contributed by atoms with van der Waals surface area (Å²) >= 11 is 0. The summed E-state index contributed by atoms with van der Waals surface area (Å²) in [7, 11) is 0. The Morgan fingerprint density at radius 3 is 0.889 bits per heavy atom. The fraction of sp³-hybridized carbons (Fsp3) is 0.400. The third-order valence-electron chi connectivity index (χ3n) is 2.26. The van der Waals surface area contributed by atoms with Gasteiger partial charge in [0.2, 0.25) is 0 Å². The van der Waals surface area contributed by atoms with Crippen LogP contribution in [0.2, 0.25) is 0 Å². The minimum absolute atomic E-state index is 0. The van der Waals surface area contributed by atoms with Crippen molar-refractivity contribution < 1.29 is 134 Å². The van der Waals surface area contributed by atoms with Crippen molar-refractivity contribution in [3.63, 3.8) is 0 Å². The molecule has 0 saturated carbocycles. The van der Waals surface area contributed by atoms with Gasteiger partial charge < -0.3 is 45.0 Å². The maximum atomic E-state index is 9.14. The number of rotatable bonds is 7. The molecule has 0 aromatic rings. The summed E-state index contributed by atoms with van der Waals surface area (Å²) in [5.41, 5.74) is -0.667. The van der Waals surface area contributed by atoms with Crippen molar-refractivity contribution in [3.05, 3.63) is 38.0 Å². The third-order valence-corrected chi connectivity index (χ3v) is 2.26. The molecule has 0 unspecified atom stereocenters. The minimum atomic E-state index is -1.23. The molecule has 0 spiro atoms. The number of carboxylic acids is 3. The van der Waals surface area contributed by atoms with Crippen molar-refractivity contribution in [3.8, 4) is 0 Å². The van der Waals surface area contributed by atoms with Crippen LogP contribution in [0, 0.1) is 5.41 Å². The molecule has 0 aliphatic carbocycles. The molecule has 0 aromatic heterocycles. The molecule has 3 N–H and O–H groups in total. The summed E-state index contributed by atoms with van der Waals surface area (Å²) in [5.74, 6) is -3.69. The van der Waals surface area contributed by atoms with Crippen LogP contribution in [0.4, 0.5) is 0 Å². The molecule has 27 heavy (non-hydrogen) atoms. The summed E-state index contributed by atoms with van der Waals surface area (Å²) in [6.07, 6.45) is 2.76. The Morgan fingerprint density at radius 2 is 0.889 bits per heavy atom. The maximum absolute atomic E-state index is 9.14. The zero-order valence-electron chi connectivity index (χ0n) is 16.5. The number of aliphatic hydroxyl groups is 3. The standard InChI is InChI=1S/C6H14O3.3C3H4O2.3Na/c1-2-6(3-7,4-8)5-9;3*1-2-3(4)5;;;/h7-9H,2-5H2,1H3;3*2H,1H2,(H,4,5);;;/q;;;;3*+1/p-3. The summed E-state index contributed by atoms with van der Waals surface area (Å²) in [5, 5.41) is 53.4. The molecule has 0 rings (SSSR count). The van der Waals surface area contributed by atoms with Crippen molar-refractivity contribution in [2.75, 3.05) is 19.8 Å². The average molecular weight is 416 g/mol. The Kier molecular flexibility index (Phi) is 58.0. The Bertz CT molecular complexity index is 338. The first kappa shape index (κ1) is 46.0. The molecule has 0 aliphatic rings. The quantitative estimate of drug-likeness (QED) is 0.268. The predicted molar refractivity (Wildman–Crippen MR) is 79.6 cm³/mol. The molecule has 0 fully saturated rings. The Morgan fingerprint density at radius 1 is 0.741 bits per heavy atom. The first-order chi connectivity index (χ1) is 11.1. The average Bonchev–Trinajstić information content (AvgIpc) is 2.59. The van der Waals surface area contributed by atoms with Crippen molar-refractivity contribution in [2.24, 2.45) is 5.41 Å². The molecule has 0 radical (unpaired) electrons.